The summed E-state index contributed by atoms with van der Waals surface area (Å²) in [5.74, 6) is -0.353. The first-order valence-electron chi connectivity index (χ1n) is 6.58. The van der Waals surface area contributed by atoms with E-state index < -0.39 is 10.0 Å². The van der Waals surface area contributed by atoms with Gasteiger partial charge < -0.3 is 10.1 Å². The van der Waals surface area contributed by atoms with E-state index in [0.717, 1.165) is 3.57 Å². The van der Waals surface area contributed by atoms with Crippen LogP contribution >= 0.6 is 22.6 Å². The number of benzene rings is 1. The number of amides is 1. The molecule has 8 heteroatoms. The number of sulfonamides is 1. The van der Waals surface area contributed by atoms with Crippen LogP contribution in [0.25, 0.3) is 0 Å². The van der Waals surface area contributed by atoms with Gasteiger partial charge in [0.2, 0.25) is 10.0 Å². The highest BCUT2D eigenvalue weighted by Gasteiger charge is 2.23. The molecule has 6 nitrogen and oxygen atoms in total. The van der Waals surface area contributed by atoms with Gasteiger partial charge in [0.1, 0.15) is 0 Å². The van der Waals surface area contributed by atoms with Crippen molar-refractivity contribution in [3.8, 4) is 0 Å². The second-order valence-electron chi connectivity index (χ2n) is 4.59. The second kappa shape index (κ2) is 7.52. The Balaban J connectivity index is 1.84. The van der Waals surface area contributed by atoms with Crippen LogP contribution in [0.2, 0.25) is 0 Å². The number of rotatable bonds is 5. The maximum Gasteiger partial charge on any atom is 0.251 e. The van der Waals surface area contributed by atoms with Gasteiger partial charge in [-0.3, -0.25) is 4.79 Å². The molecule has 0 saturated carbocycles. The summed E-state index contributed by atoms with van der Waals surface area (Å²) in [6.07, 6.45) is 0. The van der Waals surface area contributed by atoms with E-state index in [9.17, 15) is 13.2 Å². The highest BCUT2D eigenvalue weighted by atomic mass is 127. The number of hydrogen-bond donors (Lipinski definition) is 1. The van der Waals surface area contributed by atoms with Gasteiger partial charge >= 0.3 is 0 Å². The highest BCUT2D eigenvalue weighted by molar-refractivity contribution is 14.1. The van der Waals surface area contributed by atoms with Gasteiger partial charge in [-0.15, -0.1) is 0 Å². The minimum Gasteiger partial charge on any atom is -0.379 e. The number of morpholine rings is 1. The predicted molar refractivity (Wildman–Crippen MR) is 87.7 cm³/mol. The average molecular weight is 424 g/mol. The van der Waals surface area contributed by atoms with E-state index in [4.69, 9.17) is 4.74 Å². The van der Waals surface area contributed by atoms with Crippen LogP contribution in [-0.2, 0) is 14.8 Å². The molecular weight excluding hydrogens is 407 g/mol. The van der Waals surface area contributed by atoms with Gasteiger partial charge in [0.25, 0.3) is 5.91 Å². The molecule has 1 amide bonds. The number of ether oxygens (including phenoxy) is 1. The minimum atomic E-state index is -3.33. The quantitative estimate of drug-likeness (QED) is 0.706. The normalized spacial score (nSPS) is 16.6. The van der Waals surface area contributed by atoms with Gasteiger partial charge in [-0.05, 0) is 40.8 Å². The summed E-state index contributed by atoms with van der Waals surface area (Å²) in [4.78, 5) is 11.9. The Bertz CT molecular complexity index is 600. The summed E-state index contributed by atoms with van der Waals surface area (Å²) in [6, 6.07) is 7.14. The smallest absolute Gasteiger partial charge is 0.251 e. The molecule has 1 N–H and O–H groups in total. The fraction of sp³-hybridized carbons (Fsp3) is 0.462. The van der Waals surface area contributed by atoms with E-state index >= 15 is 0 Å². The van der Waals surface area contributed by atoms with Crippen molar-refractivity contribution >= 4 is 38.5 Å². The van der Waals surface area contributed by atoms with Gasteiger partial charge in [-0.2, -0.15) is 4.31 Å². The van der Waals surface area contributed by atoms with E-state index in [1.54, 1.807) is 18.2 Å². The molecule has 0 aromatic heterocycles. The fourth-order valence-electron chi connectivity index (χ4n) is 1.98. The van der Waals surface area contributed by atoms with Crippen molar-refractivity contribution in [2.24, 2.45) is 0 Å². The number of carbonyl (C=O) groups is 1. The van der Waals surface area contributed by atoms with Crippen molar-refractivity contribution in [3.63, 3.8) is 0 Å². The van der Waals surface area contributed by atoms with Gasteiger partial charge in [0, 0.05) is 28.8 Å². The number of hydrogen-bond acceptors (Lipinski definition) is 4. The Morgan fingerprint density at radius 3 is 2.71 bits per heavy atom. The van der Waals surface area contributed by atoms with Crippen LogP contribution in [0, 0.1) is 3.57 Å². The Labute approximate surface area is 138 Å². The molecule has 0 radical (unpaired) electrons. The van der Waals surface area contributed by atoms with E-state index in [1.165, 1.54) is 4.31 Å². The summed E-state index contributed by atoms with van der Waals surface area (Å²) < 4.78 is 31.7. The molecule has 0 aliphatic carbocycles. The van der Waals surface area contributed by atoms with Crippen molar-refractivity contribution in [1.82, 2.24) is 9.62 Å². The molecule has 1 aromatic rings. The first-order chi connectivity index (χ1) is 9.99. The van der Waals surface area contributed by atoms with Gasteiger partial charge in [0.05, 0.1) is 19.0 Å². The van der Waals surface area contributed by atoms with Crippen molar-refractivity contribution in [2.75, 3.05) is 38.6 Å². The van der Waals surface area contributed by atoms with Crippen LogP contribution in [0.3, 0.4) is 0 Å². The maximum atomic E-state index is 12.1. The molecule has 1 saturated heterocycles. The van der Waals surface area contributed by atoms with Gasteiger partial charge in [0.15, 0.2) is 0 Å². The third kappa shape index (κ3) is 4.90. The van der Waals surface area contributed by atoms with Crippen LogP contribution in [0.15, 0.2) is 24.3 Å². The summed E-state index contributed by atoms with van der Waals surface area (Å²) >= 11 is 2.12. The topological polar surface area (TPSA) is 75.7 Å². The molecule has 2 rings (SSSR count). The fourth-order valence-corrected chi connectivity index (χ4v) is 3.85. The van der Waals surface area contributed by atoms with Crippen LogP contribution < -0.4 is 5.32 Å². The molecule has 0 atom stereocenters. The lowest BCUT2D eigenvalue weighted by atomic mass is 10.2. The average Bonchev–Trinajstić information content (AvgIpc) is 2.48. The molecule has 0 bridgehead atoms. The zero-order chi connectivity index (χ0) is 15.3. The monoisotopic (exact) mass is 424 g/mol. The Morgan fingerprint density at radius 2 is 2.05 bits per heavy atom. The third-order valence-electron chi connectivity index (χ3n) is 3.10. The highest BCUT2D eigenvalue weighted by Crippen LogP contribution is 2.08. The summed E-state index contributed by atoms with van der Waals surface area (Å²) in [5.41, 5.74) is 0.533. The summed E-state index contributed by atoms with van der Waals surface area (Å²) in [7, 11) is -3.33. The van der Waals surface area contributed by atoms with Crippen molar-refractivity contribution in [1.29, 1.82) is 0 Å². The molecular formula is C13H17IN2O4S. The van der Waals surface area contributed by atoms with E-state index in [2.05, 4.69) is 27.9 Å². The molecule has 1 aromatic carbocycles. The zero-order valence-corrected chi connectivity index (χ0v) is 14.4. The third-order valence-corrected chi connectivity index (χ3v) is 5.64. The first kappa shape index (κ1) is 16.7. The lowest BCUT2D eigenvalue weighted by molar-refractivity contribution is 0.0730. The predicted octanol–water partition coefficient (Wildman–Crippen LogP) is 0.683. The summed E-state index contributed by atoms with van der Waals surface area (Å²) in [6.45, 7) is 1.71. The first-order valence-corrected chi connectivity index (χ1v) is 9.27. The van der Waals surface area contributed by atoms with Crippen molar-refractivity contribution in [3.05, 3.63) is 33.4 Å². The van der Waals surface area contributed by atoms with Crippen LogP contribution in [-0.4, -0.2) is 57.2 Å². The van der Waals surface area contributed by atoms with E-state index in [1.807, 2.05) is 6.07 Å². The zero-order valence-electron chi connectivity index (χ0n) is 11.4. The lowest BCUT2D eigenvalue weighted by Gasteiger charge is -2.26. The van der Waals surface area contributed by atoms with Crippen molar-refractivity contribution < 1.29 is 17.9 Å². The largest absolute Gasteiger partial charge is 0.379 e. The molecule has 0 spiro atoms. The van der Waals surface area contributed by atoms with Crippen LogP contribution in [0.1, 0.15) is 10.4 Å². The Kier molecular flexibility index (Phi) is 5.97. The van der Waals surface area contributed by atoms with Gasteiger partial charge in [-0.1, -0.05) is 6.07 Å². The second-order valence-corrected chi connectivity index (χ2v) is 7.93. The van der Waals surface area contributed by atoms with E-state index in [-0.39, 0.29) is 18.2 Å². The van der Waals surface area contributed by atoms with Crippen LogP contribution in [0.5, 0.6) is 0 Å². The van der Waals surface area contributed by atoms with Gasteiger partial charge in [-0.25, -0.2) is 8.42 Å². The lowest BCUT2D eigenvalue weighted by Crippen LogP contribution is -2.43. The summed E-state index contributed by atoms with van der Waals surface area (Å²) in [5, 5.41) is 2.64. The molecule has 1 fully saturated rings. The van der Waals surface area contributed by atoms with Crippen molar-refractivity contribution in [2.45, 2.75) is 0 Å². The molecule has 1 aliphatic heterocycles. The molecule has 116 valence electrons. The number of nitrogens with one attached hydrogen (secondary N) is 1. The Hall–Kier alpha value is -0.710. The minimum absolute atomic E-state index is 0.0946. The molecule has 1 aliphatic rings. The molecule has 21 heavy (non-hydrogen) atoms. The maximum absolute atomic E-state index is 12.1. The number of carbonyl (C=O) groups excluding carboxylic acids is 1. The molecule has 0 unspecified atom stereocenters. The number of nitrogens with zero attached hydrogens (tertiary/aromatic N) is 1. The van der Waals surface area contributed by atoms with E-state index in [0.29, 0.717) is 31.9 Å². The standard InChI is InChI=1S/C13H17IN2O4S/c14-12-3-1-2-11(10-12)13(17)15-4-9-21(18,19)16-5-7-20-8-6-16/h1-3,10H,4-9H2,(H,15,17). The van der Waals surface area contributed by atoms with Crippen LogP contribution in [0.4, 0.5) is 0 Å². The molecule has 1 heterocycles. The number of halogens is 1. The Morgan fingerprint density at radius 1 is 1.33 bits per heavy atom. The SMILES string of the molecule is O=C(NCCS(=O)(=O)N1CCOCC1)c1cccc(I)c1.